The van der Waals surface area contributed by atoms with E-state index in [0.29, 0.717) is 5.11 Å². The maximum absolute atomic E-state index is 5.65. The lowest BCUT2D eigenvalue weighted by molar-refractivity contribution is 0.0895. The summed E-state index contributed by atoms with van der Waals surface area (Å²) in [6, 6.07) is 6.51. The molecule has 1 aliphatic rings. The normalized spacial score (nSPS) is 20.1. The van der Waals surface area contributed by atoms with Gasteiger partial charge in [-0.3, -0.25) is 0 Å². The first-order chi connectivity index (χ1) is 9.06. The van der Waals surface area contributed by atoms with E-state index in [1.165, 1.54) is 11.1 Å². The van der Waals surface area contributed by atoms with E-state index in [-0.39, 0.29) is 12.1 Å². The van der Waals surface area contributed by atoms with Crippen LogP contribution in [-0.4, -0.2) is 23.9 Å². The molecule has 0 bridgehead atoms. The molecule has 104 valence electrons. The third-order valence-corrected chi connectivity index (χ3v) is 3.87. The van der Waals surface area contributed by atoms with E-state index < -0.39 is 0 Å². The number of hydrogen-bond donors (Lipinski definition) is 2. The van der Waals surface area contributed by atoms with Gasteiger partial charge < -0.3 is 15.4 Å². The molecular formula is C15H22N2OS. The lowest BCUT2D eigenvalue weighted by atomic mass is 10.1. The molecule has 1 fully saturated rings. The van der Waals surface area contributed by atoms with E-state index in [1.54, 1.807) is 0 Å². The van der Waals surface area contributed by atoms with E-state index in [2.05, 4.69) is 43.5 Å². The summed E-state index contributed by atoms with van der Waals surface area (Å²) in [7, 11) is 0. The summed E-state index contributed by atoms with van der Waals surface area (Å²) >= 11 is 5.35. The summed E-state index contributed by atoms with van der Waals surface area (Å²) < 4.78 is 5.65. The van der Waals surface area contributed by atoms with Crippen LogP contribution in [0.15, 0.2) is 18.2 Å². The van der Waals surface area contributed by atoms with Crippen molar-refractivity contribution in [3.05, 3.63) is 29.3 Å². The fourth-order valence-electron chi connectivity index (χ4n) is 2.28. The monoisotopic (exact) mass is 278 g/mol. The van der Waals surface area contributed by atoms with Crippen molar-refractivity contribution in [3.8, 4) is 0 Å². The Morgan fingerprint density at radius 2 is 2.16 bits per heavy atom. The van der Waals surface area contributed by atoms with Gasteiger partial charge in [0, 0.05) is 12.3 Å². The minimum atomic E-state index is 0.244. The minimum Gasteiger partial charge on any atom is -0.376 e. The van der Waals surface area contributed by atoms with E-state index in [1.807, 2.05) is 6.07 Å². The Balaban J connectivity index is 1.88. The Morgan fingerprint density at radius 1 is 1.37 bits per heavy atom. The average Bonchev–Trinajstić information content (AvgIpc) is 2.87. The molecule has 1 aromatic carbocycles. The van der Waals surface area contributed by atoms with E-state index in [4.69, 9.17) is 17.0 Å². The highest BCUT2D eigenvalue weighted by Crippen LogP contribution is 2.16. The summed E-state index contributed by atoms with van der Waals surface area (Å²) in [5.74, 6) is 0. The Morgan fingerprint density at radius 3 is 2.79 bits per heavy atom. The van der Waals surface area contributed by atoms with Crippen molar-refractivity contribution >= 4 is 23.0 Å². The summed E-state index contributed by atoms with van der Waals surface area (Å²) in [6.07, 6.45) is 2.54. The maximum atomic E-state index is 5.65. The topological polar surface area (TPSA) is 33.3 Å². The van der Waals surface area contributed by atoms with E-state index in [0.717, 1.165) is 25.1 Å². The molecule has 19 heavy (non-hydrogen) atoms. The van der Waals surface area contributed by atoms with Gasteiger partial charge in [0.15, 0.2) is 5.11 Å². The smallest absolute Gasteiger partial charge is 0.171 e. The van der Waals surface area contributed by atoms with Gasteiger partial charge in [-0.1, -0.05) is 6.07 Å². The van der Waals surface area contributed by atoms with Crippen molar-refractivity contribution in [2.45, 2.75) is 45.8 Å². The summed E-state index contributed by atoms with van der Waals surface area (Å²) in [6.45, 7) is 7.19. The quantitative estimate of drug-likeness (QED) is 0.832. The molecule has 1 aromatic rings. The third-order valence-electron chi connectivity index (χ3n) is 3.65. The molecule has 2 unspecified atom stereocenters. The van der Waals surface area contributed by atoms with Crippen LogP contribution in [-0.2, 0) is 4.74 Å². The van der Waals surface area contributed by atoms with Crippen LogP contribution in [0.2, 0.25) is 0 Å². The fourth-order valence-corrected chi connectivity index (χ4v) is 2.59. The van der Waals surface area contributed by atoms with Crippen molar-refractivity contribution in [3.63, 3.8) is 0 Å². The van der Waals surface area contributed by atoms with Crippen molar-refractivity contribution in [2.75, 3.05) is 11.9 Å². The highest BCUT2D eigenvalue weighted by Gasteiger charge is 2.22. The van der Waals surface area contributed by atoms with Crippen LogP contribution < -0.4 is 10.6 Å². The fraction of sp³-hybridized carbons (Fsp3) is 0.533. The first-order valence-electron chi connectivity index (χ1n) is 6.82. The molecule has 0 spiro atoms. The third kappa shape index (κ3) is 3.91. The minimum absolute atomic E-state index is 0.244. The van der Waals surface area contributed by atoms with Crippen molar-refractivity contribution in [2.24, 2.45) is 0 Å². The molecule has 2 rings (SSSR count). The van der Waals surface area contributed by atoms with Crippen LogP contribution in [0.5, 0.6) is 0 Å². The van der Waals surface area contributed by atoms with Crippen molar-refractivity contribution in [1.82, 2.24) is 5.32 Å². The van der Waals surface area contributed by atoms with Crippen LogP contribution in [0, 0.1) is 13.8 Å². The summed E-state index contributed by atoms with van der Waals surface area (Å²) in [5, 5.41) is 7.19. The molecule has 0 aromatic heterocycles. The van der Waals surface area contributed by atoms with Gasteiger partial charge in [-0.2, -0.15) is 0 Å². The molecule has 1 saturated heterocycles. The van der Waals surface area contributed by atoms with Crippen LogP contribution in [0.4, 0.5) is 5.69 Å². The summed E-state index contributed by atoms with van der Waals surface area (Å²) in [5.41, 5.74) is 3.58. The molecule has 1 aliphatic heterocycles. The van der Waals surface area contributed by atoms with Crippen LogP contribution in [0.1, 0.15) is 30.9 Å². The predicted molar refractivity (Wildman–Crippen MR) is 83.7 cm³/mol. The molecule has 1 heterocycles. The van der Waals surface area contributed by atoms with Gasteiger partial charge in [-0.15, -0.1) is 0 Å². The first kappa shape index (κ1) is 14.3. The van der Waals surface area contributed by atoms with Crippen LogP contribution >= 0.6 is 12.2 Å². The molecule has 0 amide bonds. The highest BCUT2D eigenvalue weighted by atomic mass is 32.1. The number of rotatable bonds is 3. The van der Waals surface area contributed by atoms with Crippen LogP contribution in [0.25, 0.3) is 0 Å². The number of anilines is 1. The molecule has 0 aliphatic carbocycles. The number of benzene rings is 1. The van der Waals surface area contributed by atoms with E-state index >= 15 is 0 Å². The standard InChI is InChI=1S/C15H22N2OS/c1-10-6-7-13(9-11(10)2)17-15(19)16-12(3)14-5-4-8-18-14/h6-7,9,12,14H,4-5,8H2,1-3H3,(H2,16,17,19). The number of aryl methyl sites for hydroxylation is 2. The van der Waals surface area contributed by atoms with Crippen molar-refractivity contribution < 1.29 is 4.74 Å². The lowest BCUT2D eigenvalue weighted by Gasteiger charge is -2.22. The van der Waals surface area contributed by atoms with Gasteiger partial charge in [0.2, 0.25) is 0 Å². The number of ether oxygens (including phenoxy) is 1. The second kappa shape index (κ2) is 6.35. The highest BCUT2D eigenvalue weighted by molar-refractivity contribution is 7.80. The van der Waals surface area contributed by atoms with Gasteiger partial charge in [-0.25, -0.2) is 0 Å². The summed E-state index contributed by atoms with van der Waals surface area (Å²) in [4.78, 5) is 0. The zero-order chi connectivity index (χ0) is 13.8. The van der Waals surface area contributed by atoms with Gasteiger partial charge in [0.25, 0.3) is 0 Å². The Bertz CT molecular complexity index is 455. The number of thiocarbonyl (C=S) groups is 1. The molecule has 4 heteroatoms. The van der Waals surface area contributed by atoms with E-state index in [9.17, 15) is 0 Å². The van der Waals surface area contributed by atoms with Gasteiger partial charge in [0.1, 0.15) is 0 Å². The molecule has 2 atom stereocenters. The second-order valence-corrected chi connectivity index (χ2v) is 5.65. The molecule has 0 saturated carbocycles. The van der Waals surface area contributed by atoms with Gasteiger partial charge >= 0.3 is 0 Å². The molecule has 0 radical (unpaired) electrons. The van der Waals surface area contributed by atoms with Gasteiger partial charge in [0.05, 0.1) is 12.1 Å². The SMILES string of the molecule is Cc1ccc(NC(=S)NC(C)C2CCCO2)cc1C. The zero-order valence-corrected chi connectivity index (χ0v) is 12.6. The second-order valence-electron chi connectivity index (χ2n) is 5.24. The Hall–Kier alpha value is -1.13. The van der Waals surface area contributed by atoms with Crippen LogP contribution in [0.3, 0.4) is 0 Å². The molecule has 3 nitrogen and oxygen atoms in total. The zero-order valence-electron chi connectivity index (χ0n) is 11.8. The maximum Gasteiger partial charge on any atom is 0.171 e. The Labute approximate surface area is 120 Å². The number of hydrogen-bond acceptors (Lipinski definition) is 2. The lowest BCUT2D eigenvalue weighted by Crippen LogP contribution is -2.42. The Kier molecular flexibility index (Phi) is 4.77. The predicted octanol–water partition coefficient (Wildman–Crippen LogP) is 3.16. The molecule has 2 N–H and O–H groups in total. The van der Waals surface area contributed by atoms with Crippen molar-refractivity contribution in [1.29, 1.82) is 0 Å². The van der Waals surface area contributed by atoms with Gasteiger partial charge in [-0.05, 0) is 69.1 Å². The first-order valence-corrected chi connectivity index (χ1v) is 7.23. The largest absolute Gasteiger partial charge is 0.376 e. The average molecular weight is 278 g/mol. The number of nitrogens with one attached hydrogen (secondary N) is 2. The molecular weight excluding hydrogens is 256 g/mol.